The Hall–Kier alpha value is -2.30. The third-order valence-corrected chi connectivity index (χ3v) is 3.53. The standard InChI is InChI=1S/C17H25N5/c1-2-3-4-7-10-20-17(18)21-13-15-8-5-6-9-16(15)22-12-11-19-14-22/h5-6,8-9,11-12,14H,2-4,7,10,13H2,1H3,(H3,18,20,21). The number of guanidine groups is 1. The van der Waals surface area contributed by atoms with Crippen molar-refractivity contribution in [2.45, 2.75) is 39.2 Å². The summed E-state index contributed by atoms with van der Waals surface area (Å²) in [5, 5.41) is 3.17. The molecule has 0 bridgehead atoms. The van der Waals surface area contributed by atoms with Gasteiger partial charge in [-0.05, 0) is 18.1 Å². The van der Waals surface area contributed by atoms with Gasteiger partial charge in [-0.15, -0.1) is 0 Å². The van der Waals surface area contributed by atoms with Crippen molar-refractivity contribution < 1.29 is 0 Å². The first-order chi connectivity index (χ1) is 10.8. The fourth-order valence-electron chi connectivity index (χ4n) is 2.29. The minimum absolute atomic E-state index is 0.511. The van der Waals surface area contributed by atoms with Crippen LogP contribution in [-0.4, -0.2) is 22.1 Å². The van der Waals surface area contributed by atoms with Gasteiger partial charge >= 0.3 is 0 Å². The van der Waals surface area contributed by atoms with Gasteiger partial charge in [0.25, 0.3) is 0 Å². The van der Waals surface area contributed by atoms with Crippen LogP contribution in [-0.2, 0) is 6.54 Å². The smallest absolute Gasteiger partial charge is 0.188 e. The van der Waals surface area contributed by atoms with Crippen molar-refractivity contribution in [3.63, 3.8) is 0 Å². The van der Waals surface area contributed by atoms with Crippen LogP contribution in [0.1, 0.15) is 38.2 Å². The molecule has 5 heteroatoms. The minimum atomic E-state index is 0.511. The molecule has 2 rings (SSSR count). The third kappa shape index (κ3) is 4.91. The van der Waals surface area contributed by atoms with E-state index in [4.69, 9.17) is 5.73 Å². The van der Waals surface area contributed by atoms with E-state index in [1.54, 1.807) is 12.5 Å². The summed E-state index contributed by atoms with van der Waals surface area (Å²) in [5.74, 6) is 0.511. The summed E-state index contributed by atoms with van der Waals surface area (Å²) in [6.07, 6.45) is 10.4. The molecule has 0 aliphatic carbocycles. The zero-order valence-electron chi connectivity index (χ0n) is 13.2. The van der Waals surface area contributed by atoms with Crippen molar-refractivity contribution in [2.24, 2.45) is 10.7 Å². The van der Waals surface area contributed by atoms with Crippen LogP contribution in [0.5, 0.6) is 0 Å². The van der Waals surface area contributed by atoms with Crippen LogP contribution in [0, 0.1) is 0 Å². The van der Waals surface area contributed by atoms with Gasteiger partial charge in [-0.25, -0.2) is 9.98 Å². The highest BCUT2D eigenvalue weighted by molar-refractivity contribution is 5.77. The monoisotopic (exact) mass is 299 g/mol. The van der Waals surface area contributed by atoms with Crippen LogP contribution in [0.4, 0.5) is 0 Å². The van der Waals surface area contributed by atoms with E-state index in [0.717, 1.165) is 24.2 Å². The average Bonchev–Trinajstić information content (AvgIpc) is 3.07. The molecule has 0 unspecified atom stereocenters. The SMILES string of the molecule is CCCCCCNC(N)=NCc1ccccc1-n1ccnc1. The second kappa shape index (κ2) is 8.87. The summed E-state index contributed by atoms with van der Waals surface area (Å²) in [5.41, 5.74) is 8.13. The van der Waals surface area contributed by atoms with Crippen LogP contribution >= 0.6 is 0 Å². The first kappa shape index (κ1) is 16.1. The molecule has 3 N–H and O–H groups in total. The summed E-state index contributed by atoms with van der Waals surface area (Å²) in [4.78, 5) is 8.52. The number of para-hydroxylation sites is 1. The van der Waals surface area contributed by atoms with Gasteiger partial charge in [0.15, 0.2) is 5.96 Å². The average molecular weight is 299 g/mol. The molecule has 0 aliphatic heterocycles. The van der Waals surface area contributed by atoms with Gasteiger partial charge in [-0.1, -0.05) is 44.4 Å². The van der Waals surface area contributed by atoms with E-state index >= 15 is 0 Å². The molecule has 2 aromatic rings. The zero-order valence-corrected chi connectivity index (χ0v) is 13.2. The van der Waals surface area contributed by atoms with Crippen molar-refractivity contribution in [2.75, 3.05) is 6.54 Å². The van der Waals surface area contributed by atoms with Gasteiger partial charge in [0.1, 0.15) is 0 Å². The third-order valence-electron chi connectivity index (χ3n) is 3.53. The summed E-state index contributed by atoms with van der Waals surface area (Å²) >= 11 is 0. The molecule has 0 atom stereocenters. The first-order valence-corrected chi connectivity index (χ1v) is 7.91. The van der Waals surface area contributed by atoms with Crippen LogP contribution in [0.2, 0.25) is 0 Å². The van der Waals surface area contributed by atoms with E-state index in [1.807, 2.05) is 22.9 Å². The fraction of sp³-hybridized carbons (Fsp3) is 0.412. The molecule has 5 nitrogen and oxygen atoms in total. The molecule has 0 aliphatic rings. The Morgan fingerprint density at radius 2 is 2.14 bits per heavy atom. The van der Waals surface area contributed by atoms with E-state index in [1.165, 1.54) is 19.3 Å². The van der Waals surface area contributed by atoms with Gasteiger partial charge in [-0.3, -0.25) is 0 Å². The van der Waals surface area contributed by atoms with Gasteiger partial charge in [0.2, 0.25) is 0 Å². The highest BCUT2D eigenvalue weighted by Gasteiger charge is 2.03. The van der Waals surface area contributed by atoms with Crippen molar-refractivity contribution in [1.29, 1.82) is 0 Å². The predicted octanol–water partition coefficient (Wildman–Crippen LogP) is 2.86. The number of aliphatic imine (C=N–C) groups is 1. The van der Waals surface area contributed by atoms with Crippen LogP contribution in [0.25, 0.3) is 5.69 Å². The Bertz CT molecular complexity index is 574. The Morgan fingerprint density at radius 3 is 2.91 bits per heavy atom. The maximum atomic E-state index is 5.92. The Labute approximate surface area is 132 Å². The van der Waals surface area contributed by atoms with Gasteiger partial charge < -0.3 is 15.6 Å². The topological polar surface area (TPSA) is 68.2 Å². The highest BCUT2D eigenvalue weighted by Crippen LogP contribution is 2.14. The zero-order chi connectivity index (χ0) is 15.6. The molecule has 1 aromatic carbocycles. The minimum Gasteiger partial charge on any atom is -0.370 e. The molecular weight excluding hydrogens is 274 g/mol. The molecule has 1 aromatic heterocycles. The fourth-order valence-corrected chi connectivity index (χ4v) is 2.29. The van der Waals surface area contributed by atoms with Gasteiger partial charge in [0, 0.05) is 18.9 Å². The second-order valence-electron chi connectivity index (χ2n) is 5.29. The molecule has 1 heterocycles. The maximum Gasteiger partial charge on any atom is 0.188 e. The molecule has 0 spiro atoms. The van der Waals surface area contributed by atoms with Crippen molar-refractivity contribution in [1.82, 2.24) is 14.9 Å². The molecule has 0 saturated heterocycles. The van der Waals surface area contributed by atoms with Crippen molar-refractivity contribution in [3.8, 4) is 5.69 Å². The summed E-state index contributed by atoms with van der Waals surface area (Å²) in [6, 6.07) is 8.14. The lowest BCUT2D eigenvalue weighted by atomic mass is 10.2. The Morgan fingerprint density at radius 1 is 1.27 bits per heavy atom. The summed E-state index contributed by atoms with van der Waals surface area (Å²) < 4.78 is 1.99. The number of imidazole rings is 1. The number of rotatable bonds is 8. The molecule has 0 radical (unpaired) electrons. The maximum absolute atomic E-state index is 5.92. The van der Waals surface area contributed by atoms with Crippen LogP contribution in [0.3, 0.4) is 0 Å². The van der Waals surface area contributed by atoms with Crippen molar-refractivity contribution >= 4 is 5.96 Å². The number of hydrogen-bond donors (Lipinski definition) is 2. The van der Waals surface area contributed by atoms with E-state index < -0.39 is 0 Å². The largest absolute Gasteiger partial charge is 0.370 e. The molecular formula is C17H25N5. The molecule has 22 heavy (non-hydrogen) atoms. The number of hydrogen-bond acceptors (Lipinski definition) is 2. The molecule has 118 valence electrons. The molecule has 0 amide bonds. The number of nitrogens with two attached hydrogens (primary N) is 1. The summed E-state index contributed by atoms with van der Waals surface area (Å²) in [6.45, 7) is 3.65. The van der Waals surface area contributed by atoms with E-state index in [-0.39, 0.29) is 0 Å². The first-order valence-electron chi connectivity index (χ1n) is 7.91. The van der Waals surface area contributed by atoms with Crippen LogP contribution < -0.4 is 11.1 Å². The molecule has 0 fully saturated rings. The highest BCUT2D eigenvalue weighted by atomic mass is 15.1. The number of nitrogens with one attached hydrogen (secondary N) is 1. The predicted molar refractivity (Wildman–Crippen MR) is 91.0 cm³/mol. The van der Waals surface area contributed by atoms with E-state index in [0.29, 0.717) is 12.5 Å². The van der Waals surface area contributed by atoms with Crippen LogP contribution in [0.15, 0.2) is 48.0 Å². The van der Waals surface area contributed by atoms with Gasteiger partial charge in [-0.2, -0.15) is 0 Å². The lowest BCUT2D eigenvalue weighted by Crippen LogP contribution is -2.32. The number of benzene rings is 1. The molecule has 0 saturated carbocycles. The Kier molecular flexibility index (Phi) is 6.48. The lowest BCUT2D eigenvalue weighted by Gasteiger charge is -2.09. The van der Waals surface area contributed by atoms with Gasteiger partial charge in [0.05, 0.1) is 18.6 Å². The summed E-state index contributed by atoms with van der Waals surface area (Å²) in [7, 11) is 0. The quantitative estimate of drug-likeness (QED) is 0.447. The Balaban J connectivity index is 1.89. The second-order valence-corrected chi connectivity index (χ2v) is 5.29. The number of nitrogens with zero attached hydrogens (tertiary/aromatic N) is 3. The normalized spacial score (nSPS) is 11.6. The van der Waals surface area contributed by atoms with Crippen molar-refractivity contribution in [3.05, 3.63) is 48.5 Å². The number of unbranched alkanes of at least 4 members (excludes halogenated alkanes) is 3. The number of aromatic nitrogens is 2. The lowest BCUT2D eigenvalue weighted by molar-refractivity contribution is 0.652. The van der Waals surface area contributed by atoms with E-state index in [9.17, 15) is 0 Å². The van der Waals surface area contributed by atoms with E-state index in [2.05, 4.69) is 34.3 Å².